The molecule has 4 nitrogen and oxygen atoms in total. The van der Waals surface area contributed by atoms with E-state index < -0.39 is 28.8 Å². The Balaban J connectivity index is 1.85. The molecule has 4 N–H and O–H groups in total. The predicted octanol–water partition coefficient (Wildman–Crippen LogP) is 2.88. The van der Waals surface area contributed by atoms with Crippen LogP contribution in [-0.2, 0) is 6.42 Å². The summed E-state index contributed by atoms with van der Waals surface area (Å²) in [6.45, 7) is -0.269. The third-order valence-electron chi connectivity index (χ3n) is 4.84. The first-order valence-corrected chi connectivity index (χ1v) is 11.2. The van der Waals surface area contributed by atoms with Gasteiger partial charge in [0, 0.05) is 9.92 Å². The topological polar surface area (TPSA) is 80.9 Å². The standard InChI is InChI=1S/C20H23ClO4S2/c1-26-14-5-2-11(3-6-14)8-13-9-12(4-7-15(13)21)20-19(25)18(24)17(23)16(10-22)27-20/h2-7,9,16-20,22-25H,8,10H2,1H3/t16-,17-,18+,19-,20+/m1/s1. The monoisotopic (exact) mass is 426 g/mol. The molecule has 1 saturated heterocycles. The average Bonchev–Trinajstić information content (AvgIpc) is 2.69. The van der Waals surface area contributed by atoms with E-state index in [2.05, 4.69) is 24.3 Å². The van der Waals surface area contributed by atoms with Crippen molar-refractivity contribution in [3.63, 3.8) is 0 Å². The zero-order valence-electron chi connectivity index (χ0n) is 14.8. The van der Waals surface area contributed by atoms with Gasteiger partial charge in [0.1, 0.15) is 6.10 Å². The van der Waals surface area contributed by atoms with Gasteiger partial charge in [-0.1, -0.05) is 35.9 Å². The maximum absolute atomic E-state index is 10.4. The molecule has 7 heteroatoms. The number of rotatable bonds is 5. The molecule has 1 aliphatic heterocycles. The van der Waals surface area contributed by atoms with Gasteiger partial charge in [0.05, 0.1) is 29.3 Å². The van der Waals surface area contributed by atoms with Crippen molar-refractivity contribution in [2.24, 2.45) is 0 Å². The zero-order valence-corrected chi connectivity index (χ0v) is 17.2. The Morgan fingerprint density at radius 3 is 2.33 bits per heavy atom. The van der Waals surface area contributed by atoms with E-state index in [1.165, 1.54) is 16.7 Å². The molecular weight excluding hydrogens is 404 g/mol. The van der Waals surface area contributed by atoms with Crippen LogP contribution in [0.5, 0.6) is 0 Å². The van der Waals surface area contributed by atoms with Gasteiger partial charge >= 0.3 is 0 Å². The summed E-state index contributed by atoms with van der Waals surface area (Å²) in [4.78, 5) is 1.20. The number of hydrogen-bond acceptors (Lipinski definition) is 6. The highest BCUT2D eigenvalue weighted by molar-refractivity contribution is 8.00. The van der Waals surface area contributed by atoms with Gasteiger partial charge in [-0.25, -0.2) is 0 Å². The molecule has 1 fully saturated rings. The summed E-state index contributed by atoms with van der Waals surface area (Å²) in [6.07, 6.45) is -0.890. The van der Waals surface area contributed by atoms with Crippen molar-refractivity contribution in [2.75, 3.05) is 12.9 Å². The third-order valence-corrected chi connectivity index (χ3v) is 7.58. The van der Waals surface area contributed by atoms with Crippen molar-refractivity contribution in [1.82, 2.24) is 0 Å². The van der Waals surface area contributed by atoms with Gasteiger partial charge in [0.2, 0.25) is 0 Å². The van der Waals surface area contributed by atoms with E-state index in [0.29, 0.717) is 11.4 Å². The largest absolute Gasteiger partial charge is 0.395 e. The van der Waals surface area contributed by atoms with E-state index in [1.807, 2.05) is 18.4 Å². The second kappa shape index (κ2) is 9.18. The maximum Gasteiger partial charge on any atom is 0.108 e. The predicted molar refractivity (Wildman–Crippen MR) is 112 cm³/mol. The van der Waals surface area contributed by atoms with Crippen LogP contribution in [-0.4, -0.2) is 56.9 Å². The minimum absolute atomic E-state index is 0.269. The SMILES string of the molecule is CSc1ccc(Cc2cc([C@@H]3S[C@H](CO)[C@@H](O)[C@H](O)[C@H]3O)ccc2Cl)cc1. The van der Waals surface area contributed by atoms with E-state index in [0.717, 1.165) is 16.7 Å². The smallest absolute Gasteiger partial charge is 0.108 e. The van der Waals surface area contributed by atoms with Crippen LogP contribution >= 0.6 is 35.1 Å². The van der Waals surface area contributed by atoms with Gasteiger partial charge in [-0.15, -0.1) is 23.5 Å². The van der Waals surface area contributed by atoms with Crippen molar-refractivity contribution >= 4 is 35.1 Å². The van der Waals surface area contributed by atoms with Crippen LogP contribution in [0.15, 0.2) is 47.4 Å². The lowest BCUT2D eigenvalue weighted by Crippen LogP contribution is -2.51. The summed E-state index contributed by atoms with van der Waals surface area (Å²) < 4.78 is 0. The van der Waals surface area contributed by atoms with E-state index in [4.69, 9.17) is 11.6 Å². The molecule has 2 aromatic carbocycles. The van der Waals surface area contributed by atoms with Gasteiger partial charge in [0.15, 0.2) is 0 Å². The molecule has 146 valence electrons. The van der Waals surface area contributed by atoms with Gasteiger partial charge in [-0.2, -0.15) is 0 Å². The van der Waals surface area contributed by atoms with Crippen molar-refractivity contribution in [2.45, 2.75) is 40.1 Å². The van der Waals surface area contributed by atoms with E-state index in [-0.39, 0.29) is 6.61 Å². The first kappa shape index (κ1) is 21.0. The molecule has 0 unspecified atom stereocenters. The van der Waals surface area contributed by atoms with E-state index >= 15 is 0 Å². The van der Waals surface area contributed by atoms with Crippen LogP contribution in [0.3, 0.4) is 0 Å². The number of benzene rings is 2. The average molecular weight is 427 g/mol. The molecule has 0 aromatic heterocycles. The Bertz CT molecular complexity index is 769. The van der Waals surface area contributed by atoms with Crippen LogP contribution < -0.4 is 0 Å². The van der Waals surface area contributed by atoms with Gasteiger partial charge in [-0.05, 0) is 47.6 Å². The van der Waals surface area contributed by atoms with Gasteiger partial charge < -0.3 is 20.4 Å². The minimum atomic E-state index is -1.30. The normalized spacial score (nSPS) is 28.3. The highest BCUT2D eigenvalue weighted by Gasteiger charge is 2.43. The van der Waals surface area contributed by atoms with Crippen molar-refractivity contribution in [3.8, 4) is 0 Å². The Morgan fingerprint density at radius 2 is 1.70 bits per heavy atom. The van der Waals surface area contributed by atoms with E-state index in [1.54, 1.807) is 17.8 Å². The van der Waals surface area contributed by atoms with Crippen molar-refractivity contribution in [3.05, 3.63) is 64.2 Å². The second-order valence-electron chi connectivity index (χ2n) is 6.63. The number of hydrogen-bond donors (Lipinski definition) is 4. The number of thioether (sulfide) groups is 2. The highest BCUT2D eigenvalue weighted by atomic mass is 35.5. The van der Waals surface area contributed by atoms with Gasteiger partial charge in [0.25, 0.3) is 0 Å². The highest BCUT2D eigenvalue weighted by Crippen LogP contribution is 2.43. The molecule has 0 spiro atoms. The summed E-state index contributed by atoms with van der Waals surface area (Å²) in [7, 11) is 0. The van der Waals surface area contributed by atoms with Gasteiger partial charge in [-0.3, -0.25) is 0 Å². The first-order chi connectivity index (χ1) is 12.9. The lowest BCUT2D eigenvalue weighted by molar-refractivity contribution is -0.0700. The minimum Gasteiger partial charge on any atom is -0.395 e. The number of aliphatic hydroxyl groups is 4. The molecule has 27 heavy (non-hydrogen) atoms. The first-order valence-electron chi connectivity index (χ1n) is 8.66. The quantitative estimate of drug-likeness (QED) is 0.550. The van der Waals surface area contributed by atoms with Crippen molar-refractivity contribution in [1.29, 1.82) is 0 Å². The Labute approximate surface area is 172 Å². The molecule has 1 aliphatic rings. The Morgan fingerprint density at radius 1 is 1.00 bits per heavy atom. The van der Waals surface area contributed by atoms with E-state index in [9.17, 15) is 20.4 Å². The number of halogens is 1. The molecular formula is C20H23ClO4S2. The van der Waals surface area contributed by atoms with Crippen LogP contribution in [0.4, 0.5) is 0 Å². The fraction of sp³-hybridized carbons (Fsp3) is 0.400. The molecule has 0 bridgehead atoms. The summed E-state index contributed by atoms with van der Waals surface area (Å²) in [6, 6.07) is 13.8. The molecule has 0 amide bonds. The summed E-state index contributed by atoms with van der Waals surface area (Å²) in [5.74, 6) is 0. The lowest BCUT2D eigenvalue weighted by atomic mass is 9.95. The second-order valence-corrected chi connectivity index (χ2v) is 9.30. The number of aliphatic hydroxyl groups excluding tert-OH is 4. The Hall–Kier alpha value is -0.730. The fourth-order valence-electron chi connectivity index (χ4n) is 3.25. The summed E-state index contributed by atoms with van der Waals surface area (Å²) in [5, 5.41) is 39.7. The van der Waals surface area contributed by atoms with Crippen LogP contribution in [0, 0.1) is 0 Å². The molecule has 3 rings (SSSR count). The molecule has 0 aliphatic carbocycles. The van der Waals surface area contributed by atoms with Crippen LogP contribution in [0.2, 0.25) is 5.02 Å². The maximum atomic E-state index is 10.4. The fourth-order valence-corrected chi connectivity index (χ4v) is 5.25. The lowest BCUT2D eigenvalue weighted by Gasteiger charge is -2.39. The summed E-state index contributed by atoms with van der Waals surface area (Å²) in [5.41, 5.74) is 2.88. The van der Waals surface area contributed by atoms with Crippen LogP contribution in [0.25, 0.3) is 0 Å². The molecule has 2 aromatic rings. The molecule has 1 heterocycles. The third kappa shape index (κ3) is 4.65. The molecule has 5 atom stereocenters. The molecule has 0 saturated carbocycles. The van der Waals surface area contributed by atoms with Crippen molar-refractivity contribution < 1.29 is 20.4 Å². The van der Waals surface area contributed by atoms with Crippen LogP contribution in [0.1, 0.15) is 21.9 Å². The summed E-state index contributed by atoms with van der Waals surface area (Å²) >= 11 is 9.35. The molecule has 0 radical (unpaired) electrons. The zero-order chi connectivity index (χ0) is 19.6. The Kier molecular flexibility index (Phi) is 7.14.